The molecule has 10 heteroatoms. The largest absolute Gasteiger partial charge is 0.573 e. The number of hydrogen-bond acceptors (Lipinski definition) is 5. The molecule has 3 aromatic rings. The average molecular weight is 562 g/mol. The second kappa shape index (κ2) is 12.7. The number of ether oxygens (including phenoxy) is 1. The van der Waals surface area contributed by atoms with Gasteiger partial charge in [-0.1, -0.05) is 62.3 Å². The Kier molecular flexibility index (Phi) is 9.38. The van der Waals surface area contributed by atoms with Crippen LogP contribution < -0.4 is 10.1 Å². The fraction of sp³-hybridized carbons (Fsp3) is 0.393. The first kappa shape index (κ1) is 28.0. The number of thiazole rings is 1. The van der Waals surface area contributed by atoms with Crippen molar-refractivity contribution in [3.63, 3.8) is 0 Å². The molecule has 202 valence electrons. The molecule has 0 unspecified atom stereocenters. The highest BCUT2D eigenvalue weighted by atomic mass is 32.1. The minimum Gasteiger partial charge on any atom is -0.406 e. The zero-order chi connectivity index (χ0) is 27.1. The third-order valence-electron chi connectivity index (χ3n) is 6.52. The average Bonchev–Trinajstić information content (AvgIpc) is 3.40. The number of thiocarbonyl (C=S) groups is 1. The van der Waals surface area contributed by atoms with E-state index in [0.29, 0.717) is 28.4 Å². The number of benzene rings is 2. The number of piperidine rings is 1. The Balaban J connectivity index is 1.37. The number of hydrogen-bond donors (Lipinski definition) is 1. The number of likely N-dealkylation sites (tertiary alicyclic amines) is 1. The predicted octanol–water partition coefficient (Wildman–Crippen LogP) is 8.05. The minimum absolute atomic E-state index is 0.304. The molecule has 0 spiro atoms. The van der Waals surface area contributed by atoms with E-state index in [2.05, 4.69) is 26.9 Å². The van der Waals surface area contributed by atoms with Crippen molar-refractivity contribution in [3.8, 4) is 16.9 Å². The number of nitrogens with one attached hydrogen (secondary N) is 1. The van der Waals surface area contributed by atoms with Gasteiger partial charge in [-0.05, 0) is 49.4 Å². The number of alkyl halides is 3. The number of carbonyl (C=O) groups is 1. The molecule has 0 saturated carbocycles. The number of aromatic nitrogens is 1. The van der Waals surface area contributed by atoms with Crippen LogP contribution in [0.3, 0.4) is 0 Å². The number of unbranched alkanes of at least 4 members (excludes halogenated alkanes) is 2. The summed E-state index contributed by atoms with van der Waals surface area (Å²) in [5.74, 6) is -0.325. The van der Waals surface area contributed by atoms with Crippen molar-refractivity contribution in [1.29, 1.82) is 0 Å². The Morgan fingerprint density at radius 3 is 2.53 bits per heavy atom. The normalized spacial score (nSPS) is 14.4. The maximum atomic E-state index is 13.0. The number of nitrogens with zero attached hydrogens (tertiary/aromatic N) is 2. The number of amides is 1. The SMILES string of the molecule is CCCCCC(=S)N1CCC(c2nc(C(=O)Nc3ccccc3-c3ccc(OC(F)(F)F)cc3)cs2)CC1. The van der Waals surface area contributed by atoms with E-state index in [0.717, 1.165) is 48.8 Å². The van der Waals surface area contributed by atoms with Crippen LogP contribution in [-0.4, -0.2) is 40.2 Å². The van der Waals surface area contributed by atoms with E-state index in [4.69, 9.17) is 12.2 Å². The van der Waals surface area contributed by atoms with Gasteiger partial charge in [-0.3, -0.25) is 4.79 Å². The molecule has 5 nitrogen and oxygen atoms in total. The molecule has 1 aromatic heterocycles. The molecule has 2 aromatic carbocycles. The van der Waals surface area contributed by atoms with Gasteiger partial charge in [0.2, 0.25) is 0 Å². The molecule has 0 radical (unpaired) electrons. The van der Waals surface area contributed by atoms with Gasteiger partial charge in [0, 0.05) is 35.6 Å². The Hall–Kier alpha value is -2.98. The van der Waals surface area contributed by atoms with E-state index in [1.54, 1.807) is 29.6 Å². The van der Waals surface area contributed by atoms with Crippen LogP contribution in [0.25, 0.3) is 11.1 Å². The lowest BCUT2D eigenvalue weighted by molar-refractivity contribution is -0.274. The van der Waals surface area contributed by atoms with Crippen molar-refractivity contribution in [1.82, 2.24) is 9.88 Å². The molecule has 1 fully saturated rings. The van der Waals surface area contributed by atoms with Crippen molar-refractivity contribution >= 4 is 40.1 Å². The summed E-state index contributed by atoms with van der Waals surface area (Å²) in [6.45, 7) is 4.02. The van der Waals surface area contributed by atoms with Gasteiger partial charge in [-0.2, -0.15) is 0 Å². The third-order valence-corrected chi connectivity index (χ3v) is 7.99. The molecule has 1 aliphatic rings. The summed E-state index contributed by atoms with van der Waals surface area (Å²) in [5.41, 5.74) is 2.22. The van der Waals surface area contributed by atoms with Gasteiger partial charge in [0.1, 0.15) is 11.4 Å². The lowest BCUT2D eigenvalue weighted by Crippen LogP contribution is -2.36. The molecule has 38 heavy (non-hydrogen) atoms. The summed E-state index contributed by atoms with van der Waals surface area (Å²) >= 11 is 7.12. The molecule has 1 aliphatic heterocycles. The van der Waals surface area contributed by atoms with Gasteiger partial charge >= 0.3 is 6.36 Å². The van der Waals surface area contributed by atoms with Crippen LogP contribution in [0.4, 0.5) is 18.9 Å². The first-order valence-electron chi connectivity index (χ1n) is 12.7. The molecular weight excluding hydrogens is 531 g/mol. The summed E-state index contributed by atoms with van der Waals surface area (Å²) < 4.78 is 41.4. The Morgan fingerprint density at radius 2 is 1.84 bits per heavy atom. The van der Waals surface area contributed by atoms with Crippen LogP contribution >= 0.6 is 23.6 Å². The maximum Gasteiger partial charge on any atom is 0.573 e. The highest BCUT2D eigenvalue weighted by Crippen LogP contribution is 2.33. The molecule has 0 atom stereocenters. The molecule has 0 aliphatic carbocycles. The first-order chi connectivity index (χ1) is 18.2. The van der Waals surface area contributed by atoms with E-state index in [1.807, 2.05) is 0 Å². The van der Waals surface area contributed by atoms with Crippen molar-refractivity contribution in [2.24, 2.45) is 0 Å². The number of carbonyl (C=O) groups excluding carboxylic acids is 1. The summed E-state index contributed by atoms with van der Waals surface area (Å²) in [4.78, 5) is 21.0. The van der Waals surface area contributed by atoms with Gasteiger partial charge in [0.15, 0.2) is 0 Å². The number of rotatable bonds is 9. The molecule has 1 N–H and O–H groups in total. The minimum atomic E-state index is -4.75. The summed E-state index contributed by atoms with van der Waals surface area (Å²) in [6, 6.07) is 12.7. The molecule has 0 bridgehead atoms. The number of halogens is 3. The van der Waals surface area contributed by atoms with Crippen LogP contribution in [-0.2, 0) is 0 Å². The lowest BCUT2D eigenvalue weighted by atomic mass is 9.97. The lowest BCUT2D eigenvalue weighted by Gasteiger charge is -2.33. The smallest absolute Gasteiger partial charge is 0.406 e. The number of anilines is 1. The van der Waals surface area contributed by atoms with E-state index in [9.17, 15) is 18.0 Å². The molecule has 4 rings (SSSR count). The number of para-hydroxylation sites is 1. The van der Waals surface area contributed by atoms with Crippen LogP contribution in [0.5, 0.6) is 5.75 Å². The van der Waals surface area contributed by atoms with E-state index < -0.39 is 6.36 Å². The fourth-order valence-corrected chi connectivity index (χ4v) is 5.80. The van der Waals surface area contributed by atoms with Crippen molar-refractivity contribution in [3.05, 3.63) is 64.6 Å². The van der Waals surface area contributed by atoms with Crippen molar-refractivity contribution < 1.29 is 22.7 Å². The monoisotopic (exact) mass is 561 g/mol. The van der Waals surface area contributed by atoms with Crippen LogP contribution in [0.2, 0.25) is 0 Å². The third kappa shape index (κ3) is 7.54. The van der Waals surface area contributed by atoms with Crippen molar-refractivity contribution in [2.75, 3.05) is 18.4 Å². The predicted molar refractivity (Wildman–Crippen MR) is 149 cm³/mol. The van der Waals surface area contributed by atoms with E-state index >= 15 is 0 Å². The topological polar surface area (TPSA) is 54.5 Å². The van der Waals surface area contributed by atoms with Crippen LogP contribution in [0.15, 0.2) is 53.9 Å². The highest BCUT2D eigenvalue weighted by Gasteiger charge is 2.31. The summed E-state index contributed by atoms with van der Waals surface area (Å²) in [7, 11) is 0. The second-order valence-electron chi connectivity index (χ2n) is 9.26. The fourth-order valence-electron chi connectivity index (χ4n) is 4.51. The zero-order valence-electron chi connectivity index (χ0n) is 21.1. The Morgan fingerprint density at radius 1 is 1.13 bits per heavy atom. The van der Waals surface area contributed by atoms with Crippen molar-refractivity contribution in [2.45, 2.75) is 57.7 Å². The Bertz CT molecular complexity index is 1240. The van der Waals surface area contributed by atoms with Gasteiger partial charge in [-0.15, -0.1) is 24.5 Å². The van der Waals surface area contributed by atoms with Crippen LogP contribution in [0, 0.1) is 0 Å². The highest BCUT2D eigenvalue weighted by molar-refractivity contribution is 7.80. The van der Waals surface area contributed by atoms with E-state index in [1.165, 1.54) is 48.4 Å². The summed E-state index contributed by atoms with van der Waals surface area (Å²) in [5, 5.41) is 5.64. The van der Waals surface area contributed by atoms with Gasteiger partial charge in [-0.25, -0.2) is 4.98 Å². The summed E-state index contributed by atoms with van der Waals surface area (Å²) in [6.07, 6.45) is 1.67. The quantitative estimate of drug-likeness (QED) is 0.212. The molecule has 1 amide bonds. The second-order valence-corrected chi connectivity index (χ2v) is 10.6. The van der Waals surface area contributed by atoms with Gasteiger partial charge in [0.25, 0.3) is 5.91 Å². The maximum absolute atomic E-state index is 13.0. The Labute approximate surface area is 230 Å². The van der Waals surface area contributed by atoms with E-state index in [-0.39, 0.29) is 11.7 Å². The zero-order valence-corrected chi connectivity index (χ0v) is 22.7. The van der Waals surface area contributed by atoms with Gasteiger partial charge in [0.05, 0.1) is 10.00 Å². The first-order valence-corrected chi connectivity index (χ1v) is 14.0. The standard InChI is InChI=1S/C28H30F3N3O2S2/c1-2-3-4-9-25(37)34-16-14-20(15-17-34)27-33-24(18-38-27)26(35)32-23-8-6-5-7-22(23)19-10-12-21(13-11-19)36-28(29,30)31/h5-8,10-13,18,20H,2-4,9,14-17H2,1H3,(H,32,35). The molecule has 2 heterocycles. The van der Waals surface area contributed by atoms with Gasteiger partial charge < -0.3 is 15.0 Å². The molecular formula is C28H30F3N3O2S2. The molecule has 1 saturated heterocycles. The van der Waals surface area contributed by atoms with Crippen LogP contribution in [0.1, 0.15) is 66.9 Å².